The second kappa shape index (κ2) is 7.84. The van der Waals surface area contributed by atoms with Gasteiger partial charge in [0.1, 0.15) is 33.3 Å². The maximum absolute atomic E-state index is 14.1. The van der Waals surface area contributed by atoms with Crippen LogP contribution in [0.5, 0.6) is 5.75 Å². The van der Waals surface area contributed by atoms with Crippen LogP contribution >= 0.6 is 0 Å². The van der Waals surface area contributed by atoms with Gasteiger partial charge in [0, 0.05) is 29.6 Å². The minimum absolute atomic E-state index is 0.0528. The van der Waals surface area contributed by atoms with E-state index in [2.05, 4.69) is 14.4 Å². The lowest BCUT2D eigenvalue weighted by molar-refractivity contribution is 0.0131. The maximum Gasteiger partial charge on any atom is 0.144 e. The molecule has 7 nitrogen and oxygen atoms in total. The summed E-state index contributed by atoms with van der Waals surface area (Å²) in [5, 5.41) is 3.61. The van der Waals surface area contributed by atoms with Crippen LogP contribution in [-0.4, -0.2) is 40.9 Å². The van der Waals surface area contributed by atoms with Gasteiger partial charge in [0.05, 0.1) is 18.9 Å². The quantitative estimate of drug-likeness (QED) is 0.246. The molecule has 0 saturated carbocycles. The fourth-order valence-electron chi connectivity index (χ4n) is 2.72. The second-order valence-electron chi connectivity index (χ2n) is 7.26. The maximum atomic E-state index is 14.1. The van der Waals surface area contributed by atoms with Crippen molar-refractivity contribution in [1.82, 2.24) is 0 Å². The van der Waals surface area contributed by atoms with E-state index in [-0.39, 0.29) is 13.2 Å². The van der Waals surface area contributed by atoms with Crippen LogP contribution in [0.3, 0.4) is 0 Å². The minimum Gasteiger partial charge on any atom is -0.591 e. The number of hydrogen-bond donors (Lipinski definition) is 0. The third kappa shape index (κ3) is 4.48. The number of rotatable bonds is 6. The van der Waals surface area contributed by atoms with Crippen molar-refractivity contribution in [1.29, 1.82) is 0 Å². The predicted octanol–water partition coefficient (Wildman–Crippen LogP) is 3.73. The molecule has 1 aliphatic heterocycles. The van der Waals surface area contributed by atoms with Gasteiger partial charge in [-0.2, -0.15) is 0 Å². The number of methoxy groups -OCH3 is 1. The van der Waals surface area contributed by atoms with Crippen LogP contribution in [-0.2, 0) is 22.5 Å². The first-order chi connectivity index (χ1) is 12.1. The van der Waals surface area contributed by atoms with Gasteiger partial charge in [0.2, 0.25) is 0 Å². The van der Waals surface area contributed by atoms with E-state index in [1.54, 1.807) is 6.92 Å². The monoisotopic (exact) mass is 382 g/mol. The highest BCUT2D eigenvalue weighted by molar-refractivity contribution is 7.91. The van der Waals surface area contributed by atoms with Crippen LogP contribution in [0.15, 0.2) is 21.6 Å². The highest BCUT2D eigenvalue weighted by Gasteiger charge is 2.41. The van der Waals surface area contributed by atoms with Gasteiger partial charge in [-0.25, -0.2) is 4.39 Å². The Labute approximate surface area is 155 Å². The Kier molecular flexibility index (Phi) is 6.18. The first-order valence-corrected chi connectivity index (χ1v) is 9.21. The molecule has 0 radical (unpaired) electrons. The van der Waals surface area contributed by atoms with Crippen LogP contribution in [0.1, 0.15) is 38.8 Å². The van der Waals surface area contributed by atoms with Gasteiger partial charge in [0.25, 0.3) is 0 Å². The topological polar surface area (TPSA) is 103 Å². The van der Waals surface area contributed by atoms with Crippen LogP contribution in [0, 0.1) is 5.82 Å². The number of halogens is 1. The summed E-state index contributed by atoms with van der Waals surface area (Å²) in [5.41, 5.74) is 9.25. The third-order valence-electron chi connectivity index (χ3n) is 3.92. The second-order valence-corrected chi connectivity index (χ2v) is 9.17. The SMILES string of the molecule is COC[C@]1(CN=[N+]=[N-])Cc2cc(F)cc(C(C)=N[S@+]([O-])C(C)(C)C)c2O1. The average molecular weight is 382 g/mol. The zero-order chi connectivity index (χ0) is 19.5. The number of benzene rings is 1. The molecule has 1 heterocycles. The summed E-state index contributed by atoms with van der Waals surface area (Å²) in [7, 11) is 1.52. The highest BCUT2D eigenvalue weighted by atomic mass is 32.2. The molecule has 1 aliphatic rings. The Morgan fingerprint density at radius 3 is 2.77 bits per heavy atom. The van der Waals surface area contributed by atoms with E-state index in [9.17, 15) is 8.94 Å². The summed E-state index contributed by atoms with van der Waals surface area (Å²) in [6.45, 7) is 7.36. The van der Waals surface area contributed by atoms with E-state index in [0.29, 0.717) is 29.0 Å². The van der Waals surface area contributed by atoms with Crippen molar-refractivity contribution in [3.63, 3.8) is 0 Å². The van der Waals surface area contributed by atoms with Crippen molar-refractivity contribution < 1.29 is 18.4 Å². The Balaban J connectivity index is 2.46. The Morgan fingerprint density at radius 1 is 1.50 bits per heavy atom. The normalized spacial score (nSPS) is 21.0. The summed E-state index contributed by atoms with van der Waals surface area (Å²) in [6, 6.07) is 2.70. The van der Waals surface area contributed by atoms with E-state index in [0.717, 1.165) is 0 Å². The summed E-state index contributed by atoms with van der Waals surface area (Å²) < 4.78 is 41.4. The van der Waals surface area contributed by atoms with E-state index >= 15 is 0 Å². The zero-order valence-corrected chi connectivity index (χ0v) is 16.4. The molecule has 0 saturated heterocycles. The summed E-state index contributed by atoms with van der Waals surface area (Å²) in [5.74, 6) is 0.0270. The number of ether oxygens (including phenoxy) is 2. The number of nitrogens with zero attached hydrogens (tertiary/aromatic N) is 4. The van der Waals surface area contributed by atoms with Crippen LogP contribution in [0.25, 0.3) is 10.4 Å². The average Bonchev–Trinajstić information content (AvgIpc) is 2.89. The van der Waals surface area contributed by atoms with Crippen molar-refractivity contribution >= 4 is 17.1 Å². The lowest BCUT2D eigenvalue weighted by Crippen LogP contribution is -2.42. The van der Waals surface area contributed by atoms with Crippen LogP contribution in [0.2, 0.25) is 0 Å². The van der Waals surface area contributed by atoms with Gasteiger partial charge in [-0.3, -0.25) is 0 Å². The van der Waals surface area contributed by atoms with E-state index in [1.807, 2.05) is 20.8 Å². The van der Waals surface area contributed by atoms with Crippen molar-refractivity contribution in [2.75, 3.05) is 20.3 Å². The van der Waals surface area contributed by atoms with Gasteiger partial charge < -0.3 is 14.0 Å². The molecule has 0 aliphatic carbocycles. The number of azide groups is 1. The molecule has 1 aromatic carbocycles. The van der Waals surface area contributed by atoms with Crippen molar-refractivity contribution in [3.8, 4) is 5.75 Å². The summed E-state index contributed by atoms with van der Waals surface area (Å²) >= 11 is -1.48. The molecule has 0 bridgehead atoms. The highest BCUT2D eigenvalue weighted by Crippen LogP contribution is 2.40. The molecule has 1 aromatic rings. The predicted molar refractivity (Wildman–Crippen MR) is 99.5 cm³/mol. The molecule has 2 atom stereocenters. The Morgan fingerprint density at radius 2 is 2.19 bits per heavy atom. The zero-order valence-electron chi connectivity index (χ0n) is 15.6. The minimum atomic E-state index is -1.48. The molecule has 26 heavy (non-hydrogen) atoms. The lowest BCUT2D eigenvalue weighted by atomic mass is 9.96. The third-order valence-corrected chi connectivity index (χ3v) is 5.41. The van der Waals surface area contributed by atoms with Gasteiger partial charge in [-0.15, -0.1) is 0 Å². The molecule has 142 valence electrons. The van der Waals surface area contributed by atoms with Crippen molar-refractivity contribution in [3.05, 3.63) is 39.5 Å². The first-order valence-electron chi connectivity index (χ1n) is 8.11. The Hall–Kier alpha value is -1.80. The summed E-state index contributed by atoms with van der Waals surface area (Å²) in [4.78, 5) is 2.78. The fourth-order valence-corrected chi connectivity index (χ4v) is 3.34. The van der Waals surface area contributed by atoms with Crippen LogP contribution in [0.4, 0.5) is 4.39 Å². The standard InChI is InChI=1S/C17H23FN4O3S/c1-11(21-26(23)16(2,3)4)14-7-13(18)6-12-8-17(10-24-5,9-20-22-19)25-15(12)14/h6-7H,8-10H2,1-5H3/t17-,26-/m1/s1. The molecular weight excluding hydrogens is 359 g/mol. The molecule has 0 spiro atoms. The largest absolute Gasteiger partial charge is 0.591 e. The molecule has 2 rings (SSSR count). The fraction of sp³-hybridized carbons (Fsp3) is 0.588. The molecule has 0 fully saturated rings. The molecule has 0 amide bonds. The van der Waals surface area contributed by atoms with Gasteiger partial charge in [-0.05, 0) is 45.4 Å². The molecular formula is C17H23FN4O3S. The molecule has 0 aromatic heterocycles. The van der Waals surface area contributed by atoms with E-state index in [4.69, 9.17) is 15.0 Å². The van der Waals surface area contributed by atoms with Gasteiger partial charge >= 0.3 is 0 Å². The van der Waals surface area contributed by atoms with E-state index in [1.165, 1.54) is 19.2 Å². The lowest BCUT2D eigenvalue weighted by Gasteiger charge is -2.26. The number of fused-ring (bicyclic) bond motifs is 1. The van der Waals surface area contributed by atoms with Crippen LogP contribution < -0.4 is 4.74 Å². The smallest absolute Gasteiger partial charge is 0.144 e. The Bertz CT molecular complexity index is 759. The molecule has 0 unspecified atom stereocenters. The summed E-state index contributed by atoms with van der Waals surface area (Å²) in [6.07, 6.45) is 0.343. The van der Waals surface area contributed by atoms with Crippen molar-refractivity contribution in [2.45, 2.75) is 44.5 Å². The van der Waals surface area contributed by atoms with Gasteiger partial charge in [0.15, 0.2) is 0 Å². The molecule has 0 N–H and O–H groups in total. The molecule has 9 heteroatoms. The number of hydrogen-bond acceptors (Lipinski definition) is 5. The van der Waals surface area contributed by atoms with E-state index < -0.39 is 27.5 Å². The first kappa shape index (κ1) is 20.5. The van der Waals surface area contributed by atoms with Gasteiger partial charge in [-0.1, -0.05) is 9.51 Å². The van der Waals surface area contributed by atoms with Crippen molar-refractivity contribution in [2.24, 2.45) is 9.51 Å².